The monoisotopic (exact) mass is 412 g/mol. The molecule has 30 heavy (non-hydrogen) atoms. The Morgan fingerprint density at radius 2 is 2.07 bits per heavy atom. The van der Waals surface area contributed by atoms with E-state index in [0.717, 1.165) is 19.5 Å². The van der Waals surface area contributed by atoms with Crippen LogP contribution in [0.4, 0.5) is 4.39 Å². The number of halogens is 1. The van der Waals surface area contributed by atoms with Gasteiger partial charge in [-0.3, -0.25) is 14.2 Å². The fourth-order valence-corrected chi connectivity index (χ4v) is 4.61. The number of nitrogens with one attached hydrogen (secondary N) is 1. The molecule has 0 radical (unpaired) electrons. The highest BCUT2D eigenvalue weighted by atomic mass is 19.1. The van der Waals surface area contributed by atoms with Crippen LogP contribution in [0.25, 0.3) is 16.6 Å². The third kappa shape index (κ3) is 4.12. The van der Waals surface area contributed by atoms with Crippen molar-refractivity contribution in [1.82, 2.24) is 19.2 Å². The summed E-state index contributed by atoms with van der Waals surface area (Å²) in [4.78, 5) is 28.0. The molecule has 3 heterocycles. The summed E-state index contributed by atoms with van der Waals surface area (Å²) in [5.41, 5.74) is 1.28. The minimum atomic E-state index is -0.436. The van der Waals surface area contributed by atoms with Crippen molar-refractivity contribution in [2.75, 3.05) is 19.6 Å². The summed E-state index contributed by atoms with van der Waals surface area (Å²) in [6, 6.07) is 8.44. The Morgan fingerprint density at radius 1 is 1.20 bits per heavy atom. The van der Waals surface area contributed by atoms with Crippen molar-refractivity contribution in [3.05, 3.63) is 52.7 Å². The van der Waals surface area contributed by atoms with E-state index in [4.69, 9.17) is 0 Å². The zero-order chi connectivity index (χ0) is 21.1. The Morgan fingerprint density at radius 3 is 2.90 bits per heavy atom. The molecule has 1 aliphatic heterocycles. The average Bonchev–Trinajstić information content (AvgIpc) is 3.24. The molecular weight excluding hydrogens is 383 g/mol. The van der Waals surface area contributed by atoms with Crippen molar-refractivity contribution < 1.29 is 9.18 Å². The van der Waals surface area contributed by atoms with Gasteiger partial charge in [-0.2, -0.15) is 0 Å². The number of benzene rings is 1. The van der Waals surface area contributed by atoms with Crippen molar-refractivity contribution in [2.24, 2.45) is 0 Å². The largest absolute Gasteiger partial charge is 0.355 e. The van der Waals surface area contributed by atoms with Crippen molar-refractivity contribution in [1.29, 1.82) is 0 Å². The molecule has 1 atom stereocenters. The van der Waals surface area contributed by atoms with Crippen LogP contribution in [-0.2, 0) is 11.3 Å². The second-order valence-corrected chi connectivity index (χ2v) is 8.09. The van der Waals surface area contributed by atoms with E-state index < -0.39 is 5.82 Å². The van der Waals surface area contributed by atoms with Crippen molar-refractivity contribution in [3.8, 4) is 0 Å². The van der Waals surface area contributed by atoms with E-state index in [1.54, 1.807) is 28.8 Å². The number of fused-ring (bicyclic) bond motifs is 3. The molecule has 1 fully saturated rings. The van der Waals surface area contributed by atoms with Crippen LogP contribution < -0.4 is 10.9 Å². The van der Waals surface area contributed by atoms with Gasteiger partial charge in [0.05, 0.1) is 11.0 Å². The minimum Gasteiger partial charge on any atom is -0.355 e. The second-order valence-electron chi connectivity index (χ2n) is 8.09. The summed E-state index contributed by atoms with van der Waals surface area (Å²) in [5.74, 6) is -0.668. The number of carbonyl (C=O) groups is 1. The summed E-state index contributed by atoms with van der Waals surface area (Å²) in [6.07, 6.45) is 7.63. The predicted octanol–water partition coefficient (Wildman–Crippen LogP) is 3.16. The third-order valence-electron chi connectivity index (χ3n) is 6.17. The van der Waals surface area contributed by atoms with Crippen molar-refractivity contribution >= 4 is 22.5 Å². The van der Waals surface area contributed by atoms with Crippen LogP contribution in [0.15, 0.2) is 41.3 Å². The summed E-state index contributed by atoms with van der Waals surface area (Å²) in [5, 5.41) is 2.93. The molecule has 0 saturated carbocycles. The van der Waals surface area contributed by atoms with Crippen LogP contribution in [-0.4, -0.2) is 45.5 Å². The van der Waals surface area contributed by atoms with Crippen LogP contribution in [0.2, 0.25) is 0 Å². The number of aromatic nitrogens is 2. The highest BCUT2D eigenvalue weighted by molar-refractivity contribution is 5.82. The molecule has 2 aromatic heterocycles. The molecule has 1 saturated heterocycles. The van der Waals surface area contributed by atoms with Crippen LogP contribution in [0.3, 0.4) is 0 Å². The Kier molecular flexibility index (Phi) is 6.18. The fourth-order valence-electron chi connectivity index (χ4n) is 4.61. The molecule has 3 aromatic rings. The summed E-state index contributed by atoms with van der Waals surface area (Å²) >= 11 is 0. The van der Waals surface area contributed by atoms with E-state index in [2.05, 4.69) is 17.1 Å². The Hall–Kier alpha value is -2.67. The summed E-state index contributed by atoms with van der Waals surface area (Å²) in [6.45, 7) is 4.79. The number of hydrogen-bond donors (Lipinski definition) is 1. The molecule has 1 N–H and O–H groups in total. The van der Waals surface area contributed by atoms with Gasteiger partial charge in [-0.25, -0.2) is 4.39 Å². The lowest BCUT2D eigenvalue weighted by atomic mass is 10.00. The van der Waals surface area contributed by atoms with Crippen molar-refractivity contribution in [2.45, 2.75) is 51.6 Å². The minimum absolute atomic E-state index is 0.123. The lowest BCUT2D eigenvalue weighted by Gasteiger charge is -2.35. The van der Waals surface area contributed by atoms with Gasteiger partial charge in [0, 0.05) is 25.3 Å². The molecule has 0 aliphatic carbocycles. The lowest BCUT2D eigenvalue weighted by Crippen LogP contribution is -2.41. The SMILES string of the molecule is CCC1CCCCN1CCCNC(=O)Cn1c(=O)c2cccn2c2ccc(F)cc21. The molecule has 1 aliphatic rings. The second kappa shape index (κ2) is 9.00. The highest BCUT2D eigenvalue weighted by Crippen LogP contribution is 2.19. The first kappa shape index (κ1) is 20.6. The molecule has 1 unspecified atom stereocenters. The van der Waals surface area contributed by atoms with Crippen LogP contribution >= 0.6 is 0 Å². The van der Waals surface area contributed by atoms with E-state index in [-0.39, 0.29) is 18.0 Å². The predicted molar refractivity (Wildman–Crippen MR) is 116 cm³/mol. The van der Waals surface area contributed by atoms with Gasteiger partial charge in [0.1, 0.15) is 17.9 Å². The maximum atomic E-state index is 13.9. The fraction of sp³-hybridized carbons (Fsp3) is 0.478. The standard InChI is InChI=1S/C23H29FN4O2/c1-2-18-7-3-4-12-26(18)13-6-11-25-22(29)16-28-21-15-17(24)9-10-19(21)27-14-5-8-20(27)23(28)30/h5,8-10,14-15,18H,2-4,6-7,11-13,16H2,1H3,(H,25,29). The number of nitrogens with zero attached hydrogens (tertiary/aromatic N) is 3. The van der Waals surface area contributed by atoms with E-state index in [9.17, 15) is 14.0 Å². The van der Waals surface area contributed by atoms with E-state index in [0.29, 0.717) is 29.1 Å². The number of rotatable bonds is 7. The van der Waals surface area contributed by atoms with Crippen LogP contribution in [0, 0.1) is 5.82 Å². The Labute approximate surface area is 175 Å². The first-order valence-electron chi connectivity index (χ1n) is 10.9. The van der Waals surface area contributed by atoms with Gasteiger partial charge in [-0.15, -0.1) is 0 Å². The first-order chi connectivity index (χ1) is 14.6. The number of likely N-dealkylation sites (tertiary alicyclic amines) is 1. The van der Waals surface area contributed by atoms with E-state index in [1.807, 2.05) is 0 Å². The van der Waals surface area contributed by atoms with Gasteiger partial charge in [-0.05, 0) is 62.6 Å². The molecule has 4 rings (SSSR count). The van der Waals surface area contributed by atoms with E-state index >= 15 is 0 Å². The normalized spacial score (nSPS) is 17.6. The van der Waals surface area contributed by atoms with Gasteiger partial charge in [-0.1, -0.05) is 13.3 Å². The zero-order valence-corrected chi connectivity index (χ0v) is 17.4. The van der Waals surface area contributed by atoms with E-state index in [1.165, 1.54) is 42.4 Å². The maximum absolute atomic E-state index is 13.9. The topological polar surface area (TPSA) is 58.8 Å². The Bertz CT molecular complexity index is 1100. The summed E-state index contributed by atoms with van der Waals surface area (Å²) in [7, 11) is 0. The molecule has 7 heteroatoms. The first-order valence-corrected chi connectivity index (χ1v) is 10.9. The number of hydrogen-bond acceptors (Lipinski definition) is 3. The molecule has 1 amide bonds. The van der Waals surface area contributed by atoms with Crippen LogP contribution in [0.1, 0.15) is 39.0 Å². The number of piperidine rings is 1. The average molecular weight is 413 g/mol. The van der Waals surface area contributed by atoms with Gasteiger partial charge < -0.3 is 14.6 Å². The highest BCUT2D eigenvalue weighted by Gasteiger charge is 2.20. The lowest BCUT2D eigenvalue weighted by molar-refractivity contribution is -0.121. The number of amides is 1. The van der Waals surface area contributed by atoms with Crippen LogP contribution in [0.5, 0.6) is 0 Å². The smallest absolute Gasteiger partial charge is 0.275 e. The molecule has 0 spiro atoms. The zero-order valence-electron chi connectivity index (χ0n) is 17.4. The Balaban J connectivity index is 1.43. The van der Waals surface area contributed by atoms with Gasteiger partial charge in [0.2, 0.25) is 5.91 Å². The maximum Gasteiger partial charge on any atom is 0.275 e. The van der Waals surface area contributed by atoms with Gasteiger partial charge in [0.25, 0.3) is 5.56 Å². The quantitative estimate of drug-likeness (QED) is 0.607. The van der Waals surface area contributed by atoms with Gasteiger partial charge >= 0.3 is 0 Å². The molecule has 1 aromatic carbocycles. The van der Waals surface area contributed by atoms with Crippen molar-refractivity contribution in [3.63, 3.8) is 0 Å². The summed E-state index contributed by atoms with van der Waals surface area (Å²) < 4.78 is 17.0. The third-order valence-corrected chi connectivity index (χ3v) is 6.17. The number of carbonyl (C=O) groups excluding carboxylic acids is 1. The molecule has 160 valence electrons. The molecular formula is C23H29FN4O2. The van der Waals surface area contributed by atoms with Gasteiger partial charge in [0.15, 0.2) is 0 Å². The molecule has 0 bridgehead atoms. The molecule has 6 nitrogen and oxygen atoms in total.